The lowest BCUT2D eigenvalue weighted by molar-refractivity contribution is 0.660. The zero-order chi connectivity index (χ0) is 36.3. The van der Waals surface area contributed by atoms with E-state index < -0.39 is 0 Å². The van der Waals surface area contributed by atoms with E-state index in [9.17, 15) is 0 Å². The summed E-state index contributed by atoms with van der Waals surface area (Å²) < 4.78 is 2.68. The quantitative estimate of drug-likeness (QED) is 0.176. The minimum Gasteiger partial charge on any atom is -0.310 e. The Hall–Kier alpha value is -5.96. The average Bonchev–Trinajstić information content (AvgIpc) is 3.77. The molecule has 0 atom stereocenters. The third-order valence-corrected chi connectivity index (χ3v) is 13.7. The highest BCUT2D eigenvalue weighted by atomic mass is 32.1. The Morgan fingerprint density at radius 3 is 1.81 bits per heavy atom. The lowest BCUT2D eigenvalue weighted by Crippen LogP contribution is -2.17. The average molecular weight is 710 g/mol. The Kier molecular flexibility index (Phi) is 6.59. The van der Waals surface area contributed by atoms with Crippen molar-refractivity contribution in [3.8, 4) is 33.4 Å². The summed E-state index contributed by atoms with van der Waals surface area (Å²) in [5, 5.41) is 5.24. The summed E-state index contributed by atoms with van der Waals surface area (Å²) in [6.45, 7) is 9.48. The first-order valence-electron chi connectivity index (χ1n) is 19.0. The van der Waals surface area contributed by atoms with Gasteiger partial charge in [0.25, 0.3) is 0 Å². The molecule has 0 spiro atoms. The van der Waals surface area contributed by atoms with Crippen LogP contribution in [-0.2, 0) is 10.8 Å². The standard InChI is InChI=1S/C52H39NS/c1-51(2)44-20-10-8-16-41(44)49-45(51)21-12-22-47(49)53(36-27-28-39-38-15-7-9-19-43(38)52(3,4)46(39)31-36)35-25-23-32(24-26-35)37-17-11-18-40-42-29-33-13-5-6-14-34(33)30-48(42)54-50(37)40/h5-31H,1-4H3. The highest BCUT2D eigenvalue weighted by Gasteiger charge is 2.39. The topological polar surface area (TPSA) is 3.24 Å². The number of fused-ring (bicyclic) bond motifs is 10. The molecule has 2 heteroatoms. The predicted molar refractivity (Wildman–Crippen MR) is 232 cm³/mol. The molecule has 11 rings (SSSR count). The van der Waals surface area contributed by atoms with Crippen molar-refractivity contribution in [1.29, 1.82) is 0 Å². The number of hydrogen-bond acceptors (Lipinski definition) is 2. The van der Waals surface area contributed by atoms with Gasteiger partial charge in [-0.3, -0.25) is 0 Å². The fraction of sp³-hybridized carbons (Fsp3) is 0.115. The van der Waals surface area contributed by atoms with E-state index in [0.29, 0.717) is 0 Å². The van der Waals surface area contributed by atoms with Gasteiger partial charge in [0.15, 0.2) is 0 Å². The molecule has 0 bridgehead atoms. The molecule has 0 radical (unpaired) electrons. The van der Waals surface area contributed by atoms with Crippen molar-refractivity contribution >= 4 is 59.3 Å². The second-order valence-corrected chi connectivity index (χ2v) is 17.2. The van der Waals surface area contributed by atoms with Crippen LogP contribution in [0.1, 0.15) is 49.9 Å². The van der Waals surface area contributed by atoms with Crippen LogP contribution >= 0.6 is 11.3 Å². The number of thiophene rings is 1. The third kappa shape index (κ3) is 4.38. The largest absolute Gasteiger partial charge is 0.310 e. The van der Waals surface area contributed by atoms with Gasteiger partial charge in [-0.15, -0.1) is 11.3 Å². The summed E-state index contributed by atoms with van der Waals surface area (Å²) in [5.74, 6) is 0. The maximum Gasteiger partial charge on any atom is 0.0543 e. The number of hydrogen-bond donors (Lipinski definition) is 0. The van der Waals surface area contributed by atoms with Crippen LogP contribution in [-0.4, -0.2) is 0 Å². The molecule has 0 aliphatic heterocycles. The van der Waals surface area contributed by atoms with Gasteiger partial charge >= 0.3 is 0 Å². The zero-order valence-corrected chi connectivity index (χ0v) is 31.8. The van der Waals surface area contributed by atoms with Gasteiger partial charge in [-0.25, -0.2) is 0 Å². The molecule has 1 aromatic heterocycles. The van der Waals surface area contributed by atoms with Gasteiger partial charge in [-0.1, -0.05) is 149 Å². The first kappa shape index (κ1) is 31.6. The van der Waals surface area contributed by atoms with Crippen LogP contribution < -0.4 is 4.90 Å². The predicted octanol–water partition coefficient (Wildman–Crippen LogP) is 15.0. The summed E-state index contributed by atoms with van der Waals surface area (Å²) >= 11 is 1.90. The van der Waals surface area contributed by atoms with E-state index in [0.717, 1.165) is 5.69 Å². The van der Waals surface area contributed by atoms with Gasteiger partial charge in [0.05, 0.1) is 5.69 Å². The minimum absolute atomic E-state index is 0.0895. The van der Waals surface area contributed by atoms with Crippen LogP contribution in [0.25, 0.3) is 64.3 Å². The summed E-state index contributed by atoms with van der Waals surface area (Å²) in [6.07, 6.45) is 0. The minimum atomic E-state index is -0.0977. The van der Waals surface area contributed by atoms with Crippen LogP contribution in [0.3, 0.4) is 0 Å². The van der Waals surface area contributed by atoms with E-state index in [-0.39, 0.29) is 10.8 Å². The smallest absolute Gasteiger partial charge is 0.0543 e. The Morgan fingerprint density at radius 1 is 0.426 bits per heavy atom. The number of anilines is 3. The van der Waals surface area contributed by atoms with Crippen molar-refractivity contribution in [3.05, 3.63) is 186 Å². The molecule has 0 fully saturated rings. The van der Waals surface area contributed by atoms with Gasteiger partial charge in [-0.05, 0) is 103 Å². The monoisotopic (exact) mass is 709 g/mol. The molecule has 0 N–H and O–H groups in total. The molecule has 54 heavy (non-hydrogen) atoms. The number of nitrogens with zero attached hydrogens (tertiary/aromatic N) is 1. The zero-order valence-electron chi connectivity index (χ0n) is 30.9. The molecule has 0 saturated heterocycles. The van der Waals surface area contributed by atoms with Gasteiger partial charge in [0, 0.05) is 47.9 Å². The van der Waals surface area contributed by atoms with E-state index in [1.54, 1.807) is 0 Å². The first-order valence-corrected chi connectivity index (χ1v) is 19.8. The molecule has 0 amide bonds. The molecule has 9 aromatic rings. The summed E-state index contributed by atoms with van der Waals surface area (Å²) in [5.41, 5.74) is 16.7. The Balaban J connectivity index is 1.09. The molecule has 0 unspecified atom stereocenters. The first-order chi connectivity index (χ1) is 26.3. The molecule has 2 aliphatic rings. The van der Waals surface area contributed by atoms with Crippen molar-refractivity contribution < 1.29 is 0 Å². The lowest BCUT2D eigenvalue weighted by atomic mass is 9.82. The van der Waals surface area contributed by atoms with E-state index in [4.69, 9.17) is 0 Å². The van der Waals surface area contributed by atoms with Gasteiger partial charge in [0.2, 0.25) is 0 Å². The van der Waals surface area contributed by atoms with Crippen molar-refractivity contribution in [1.82, 2.24) is 0 Å². The fourth-order valence-corrected chi connectivity index (χ4v) is 10.9. The van der Waals surface area contributed by atoms with Gasteiger partial charge < -0.3 is 4.90 Å². The molecular formula is C52H39NS. The highest BCUT2D eigenvalue weighted by molar-refractivity contribution is 7.26. The Morgan fingerprint density at radius 2 is 1.02 bits per heavy atom. The summed E-state index contributed by atoms with van der Waals surface area (Å²) in [7, 11) is 0. The molecule has 0 saturated carbocycles. The Labute approximate surface area is 320 Å². The normalized spacial score (nSPS) is 14.6. The van der Waals surface area contributed by atoms with Crippen LogP contribution in [0, 0.1) is 0 Å². The van der Waals surface area contributed by atoms with Crippen LogP contribution in [0.15, 0.2) is 164 Å². The molecule has 2 aliphatic carbocycles. The van der Waals surface area contributed by atoms with Crippen LogP contribution in [0.4, 0.5) is 17.1 Å². The SMILES string of the molecule is CC1(C)c2ccccc2-c2ccc(N(c3ccc(-c4cccc5c4sc4cc6ccccc6cc45)cc3)c3cccc4c3-c3ccccc3C4(C)C)cc21. The van der Waals surface area contributed by atoms with Crippen molar-refractivity contribution in [2.24, 2.45) is 0 Å². The molecule has 1 heterocycles. The Bertz CT molecular complexity index is 3000. The van der Waals surface area contributed by atoms with E-state index in [1.807, 2.05) is 11.3 Å². The maximum absolute atomic E-state index is 2.51. The highest BCUT2D eigenvalue weighted by Crippen LogP contribution is 2.56. The van der Waals surface area contributed by atoms with Gasteiger partial charge in [-0.2, -0.15) is 0 Å². The van der Waals surface area contributed by atoms with E-state index >= 15 is 0 Å². The number of rotatable bonds is 4. The van der Waals surface area contributed by atoms with Crippen molar-refractivity contribution in [3.63, 3.8) is 0 Å². The fourth-order valence-electron chi connectivity index (χ4n) is 9.68. The van der Waals surface area contributed by atoms with Crippen LogP contribution in [0.5, 0.6) is 0 Å². The van der Waals surface area contributed by atoms with Crippen LogP contribution in [0.2, 0.25) is 0 Å². The van der Waals surface area contributed by atoms with Crippen molar-refractivity contribution in [2.45, 2.75) is 38.5 Å². The summed E-state index contributed by atoms with van der Waals surface area (Å²) in [6, 6.07) is 61.5. The van der Waals surface area contributed by atoms with Crippen molar-refractivity contribution in [2.75, 3.05) is 4.90 Å². The van der Waals surface area contributed by atoms with E-state index in [1.165, 1.54) is 98.0 Å². The molecular weight excluding hydrogens is 671 g/mol. The molecule has 8 aromatic carbocycles. The van der Waals surface area contributed by atoms with Gasteiger partial charge in [0.1, 0.15) is 0 Å². The van der Waals surface area contributed by atoms with E-state index in [2.05, 4.69) is 196 Å². The lowest BCUT2D eigenvalue weighted by Gasteiger charge is -2.30. The second-order valence-electron chi connectivity index (χ2n) is 16.1. The molecule has 258 valence electrons. The number of benzene rings is 8. The maximum atomic E-state index is 2.51. The summed E-state index contributed by atoms with van der Waals surface area (Å²) in [4.78, 5) is 2.51. The second kappa shape index (κ2) is 11.3. The third-order valence-electron chi connectivity index (χ3n) is 12.5. The molecule has 1 nitrogen and oxygen atoms in total.